The van der Waals surface area contributed by atoms with Crippen LogP contribution >= 0.6 is 0 Å². The van der Waals surface area contributed by atoms with Gasteiger partial charge in [0, 0.05) is 29.7 Å². The minimum atomic E-state index is -0.899. The van der Waals surface area contributed by atoms with Crippen molar-refractivity contribution in [1.29, 1.82) is 0 Å². The van der Waals surface area contributed by atoms with Gasteiger partial charge in [0.2, 0.25) is 0 Å². The highest BCUT2D eigenvalue weighted by Gasteiger charge is 2.46. The lowest BCUT2D eigenvalue weighted by atomic mass is 9.95. The number of aliphatic hydroxyl groups excluding tert-OH is 1. The Kier molecular flexibility index (Phi) is 3.73. The maximum Gasteiger partial charge on any atom is 0.264 e. The van der Waals surface area contributed by atoms with Crippen LogP contribution in [0.25, 0.3) is 5.70 Å². The molecule has 0 bridgehead atoms. The molecule has 8 heteroatoms. The van der Waals surface area contributed by atoms with Crippen molar-refractivity contribution in [2.75, 3.05) is 13.2 Å². The van der Waals surface area contributed by atoms with Gasteiger partial charge in [0.1, 0.15) is 25.6 Å². The van der Waals surface area contributed by atoms with Crippen LogP contribution in [0.5, 0.6) is 11.5 Å². The van der Waals surface area contributed by atoms with E-state index < -0.39 is 12.4 Å². The molecule has 1 aromatic heterocycles. The molecule has 0 spiro atoms. The minimum Gasteiger partial charge on any atom is -0.486 e. The van der Waals surface area contributed by atoms with E-state index in [0.29, 0.717) is 30.4 Å². The second-order valence-electron chi connectivity index (χ2n) is 6.60. The molecule has 1 amide bonds. The third-order valence-electron chi connectivity index (χ3n) is 4.96. The van der Waals surface area contributed by atoms with Crippen molar-refractivity contribution in [3.05, 3.63) is 59.9 Å². The number of fused-ring (bicyclic) bond motifs is 2. The van der Waals surface area contributed by atoms with Crippen LogP contribution in [0.2, 0.25) is 0 Å². The van der Waals surface area contributed by atoms with Crippen LogP contribution in [-0.2, 0) is 4.79 Å². The molecule has 5 rings (SSSR count). The van der Waals surface area contributed by atoms with Crippen molar-refractivity contribution in [2.45, 2.75) is 18.3 Å². The van der Waals surface area contributed by atoms with E-state index in [1.165, 1.54) is 11.1 Å². The van der Waals surface area contributed by atoms with E-state index in [1.807, 2.05) is 30.3 Å². The van der Waals surface area contributed by atoms with E-state index in [1.54, 1.807) is 12.4 Å². The van der Waals surface area contributed by atoms with Crippen molar-refractivity contribution in [3.8, 4) is 11.5 Å². The quantitative estimate of drug-likeness (QED) is 0.715. The molecular weight excluding hydrogens is 348 g/mol. The molecule has 3 aliphatic heterocycles. The summed E-state index contributed by atoms with van der Waals surface area (Å²) in [6.45, 7) is 1.02. The van der Waals surface area contributed by atoms with Crippen molar-refractivity contribution >= 4 is 11.6 Å². The number of amides is 1. The number of nitrogens with zero attached hydrogens (tertiary/aromatic N) is 2. The molecule has 0 aliphatic carbocycles. The number of nitrogens with one attached hydrogen (secondary N) is 2. The third-order valence-corrected chi connectivity index (χ3v) is 4.96. The first-order chi connectivity index (χ1) is 13.2. The van der Waals surface area contributed by atoms with Crippen LogP contribution in [0.15, 0.2) is 48.8 Å². The highest BCUT2D eigenvalue weighted by atomic mass is 16.6. The van der Waals surface area contributed by atoms with Crippen LogP contribution in [0.3, 0.4) is 0 Å². The van der Waals surface area contributed by atoms with Gasteiger partial charge < -0.3 is 19.9 Å². The first kappa shape index (κ1) is 16.1. The number of carbonyl (C=O) groups is 1. The lowest BCUT2D eigenvalue weighted by Gasteiger charge is -2.33. The van der Waals surface area contributed by atoms with Crippen LogP contribution in [0.1, 0.15) is 17.0 Å². The zero-order chi connectivity index (χ0) is 18.4. The monoisotopic (exact) mass is 366 g/mol. The summed E-state index contributed by atoms with van der Waals surface area (Å²) in [5.74, 6) is 0.767. The minimum absolute atomic E-state index is 0.228. The Morgan fingerprint density at radius 1 is 1.19 bits per heavy atom. The number of hydrogen-bond donors (Lipinski definition) is 3. The number of aliphatic hydroxyl groups is 1. The van der Waals surface area contributed by atoms with Gasteiger partial charge in [0.25, 0.3) is 5.91 Å². The Hall–Kier alpha value is -3.10. The van der Waals surface area contributed by atoms with Crippen LogP contribution in [-0.4, -0.2) is 46.6 Å². The molecule has 1 aromatic carbocycles. The maximum absolute atomic E-state index is 12.6. The predicted octanol–water partition coefficient (Wildman–Crippen LogP) is 0.572. The maximum atomic E-state index is 12.6. The second kappa shape index (κ2) is 6.26. The van der Waals surface area contributed by atoms with E-state index in [0.717, 1.165) is 11.1 Å². The highest BCUT2D eigenvalue weighted by Crippen LogP contribution is 2.36. The van der Waals surface area contributed by atoms with E-state index >= 15 is 0 Å². The van der Waals surface area contributed by atoms with E-state index in [-0.39, 0.29) is 11.8 Å². The summed E-state index contributed by atoms with van der Waals surface area (Å²) in [7, 11) is 0. The number of rotatable bonds is 2. The number of aromatic nitrogens is 1. The molecule has 8 nitrogen and oxygen atoms in total. The van der Waals surface area contributed by atoms with Gasteiger partial charge >= 0.3 is 0 Å². The highest BCUT2D eigenvalue weighted by molar-refractivity contribution is 5.97. The number of pyridine rings is 1. The van der Waals surface area contributed by atoms with Gasteiger partial charge in [-0.3, -0.25) is 9.78 Å². The number of ether oxygens (including phenoxy) is 2. The van der Waals surface area contributed by atoms with Gasteiger partial charge in [-0.2, -0.15) is 0 Å². The Labute approximate surface area is 155 Å². The molecule has 4 heterocycles. The summed E-state index contributed by atoms with van der Waals surface area (Å²) in [6, 6.07) is 9.28. The topological polar surface area (TPSA) is 96.0 Å². The first-order valence-electron chi connectivity index (χ1n) is 8.76. The van der Waals surface area contributed by atoms with Gasteiger partial charge in [-0.15, -0.1) is 0 Å². The van der Waals surface area contributed by atoms with Gasteiger partial charge in [0.15, 0.2) is 11.5 Å². The summed E-state index contributed by atoms with van der Waals surface area (Å²) in [5.41, 5.74) is 5.16. The summed E-state index contributed by atoms with van der Waals surface area (Å²) in [5, 5.41) is 15.3. The molecule has 3 N–H and O–H groups in total. The Morgan fingerprint density at radius 2 is 2.04 bits per heavy atom. The van der Waals surface area contributed by atoms with Gasteiger partial charge in [0.05, 0.1) is 5.92 Å². The molecule has 1 saturated heterocycles. The molecule has 3 atom stereocenters. The average Bonchev–Trinajstić information content (AvgIpc) is 3.05. The van der Waals surface area contributed by atoms with Crippen LogP contribution < -0.4 is 20.2 Å². The Morgan fingerprint density at radius 3 is 2.85 bits per heavy atom. The average molecular weight is 366 g/mol. The van der Waals surface area contributed by atoms with E-state index in [4.69, 9.17) is 9.47 Å². The molecule has 138 valence electrons. The second-order valence-corrected chi connectivity index (χ2v) is 6.60. The van der Waals surface area contributed by atoms with E-state index in [2.05, 4.69) is 15.7 Å². The Balaban J connectivity index is 1.48. The number of hydrogen-bond acceptors (Lipinski definition) is 7. The number of carbonyl (C=O) groups excluding carboxylic acids is 1. The summed E-state index contributed by atoms with van der Waals surface area (Å²) < 4.78 is 11.2. The third kappa shape index (κ3) is 2.70. The lowest BCUT2D eigenvalue weighted by Crippen LogP contribution is -2.52. The zero-order valence-electron chi connectivity index (χ0n) is 14.3. The molecule has 27 heavy (non-hydrogen) atoms. The van der Waals surface area contributed by atoms with Crippen LogP contribution in [0, 0.1) is 0 Å². The molecule has 3 aliphatic rings. The molecule has 0 saturated carbocycles. The first-order valence-corrected chi connectivity index (χ1v) is 8.76. The molecule has 2 aromatic rings. The molecule has 3 unspecified atom stereocenters. The smallest absolute Gasteiger partial charge is 0.264 e. The Bertz CT molecular complexity index is 917. The normalized spacial score (nSPS) is 26.3. The van der Waals surface area contributed by atoms with Crippen molar-refractivity contribution in [2.24, 2.45) is 0 Å². The molecule has 1 fully saturated rings. The number of hydrazine groups is 1. The SMILES string of the molecule is O=C1C=C(c2ccc3c(c2)OCCO3)NC2C(c3cccnc3)C(O)NN12. The largest absolute Gasteiger partial charge is 0.486 e. The summed E-state index contributed by atoms with van der Waals surface area (Å²) in [4.78, 5) is 16.8. The molecular formula is C19H18N4O4. The lowest BCUT2D eigenvalue weighted by molar-refractivity contribution is -0.131. The van der Waals surface area contributed by atoms with E-state index in [9.17, 15) is 9.90 Å². The van der Waals surface area contributed by atoms with Crippen molar-refractivity contribution < 1.29 is 19.4 Å². The molecule has 0 radical (unpaired) electrons. The van der Waals surface area contributed by atoms with Gasteiger partial charge in [-0.05, 0) is 29.8 Å². The number of benzene rings is 1. The fourth-order valence-corrected chi connectivity index (χ4v) is 3.70. The standard InChI is InChI=1S/C19H18N4O4/c24-16-9-13(11-3-4-14-15(8-11)27-7-6-26-14)21-18-17(19(25)22-23(16)18)12-2-1-5-20-10-12/h1-5,8-10,17-19,21-22,25H,6-7H2. The van der Waals surface area contributed by atoms with Crippen LogP contribution in [0.4, 0.5) is 0 Å². The fourth-order valence-electron chi connectivity index (χ4n) is 3.70. The fraction of sp³-hybridized carbons (Fsp3) is 0.263. The predicted molar refractivity (Wildman–Crippen MR) is 95.3 cm³/mol. The van der Waals surface area contributed by atoms with Crippen molar-refractivity contribution in [3.63, 3.8) is 0 Å². The summed E-state index contributed by atoms with van der Waals surface area (Å²) in [6.07, 6.45) is 3.55. The van der Waals surface area contributed by atoms with Gasteiger partial charge in [-0.1, -0.05) is 6.07 Å². The van der Waals surface area contributed by atoms with Gasteiger partial charge in [-0.25, -0.2) is 10.4 Å². The summed E-state index contributed by atoms with van der Waals surface area (Å²) >= 11 is 0. The zero-order valence-corrected chi connectivity index (χ0v) is 14.3. The van der Waals surface area contributed by atoms with Crippen molar-refractivity contribution in [1.82, 2.24) is 20.7 Å².